The van der Waals surface area contributed by atoms with Gasteiger partial charge in [0.25, 0.3) is 11.8 Å². The molecule has 1 aliphatic heterocycles. The molecule has 0 spiro atoms. The molecule has 1 heterocycles. The van der Waals surface area contributed by atoms with Gasteiger partial charge in [0.2, 0.25) is 0 Å². The van der Waals surface area contributed by atoms with Gasteiger partial charge in [-0.25, -0.2) is 9.29 Å². The van der Waals surface area contributed by atoms with E-state index in [4.69, 9.17) is 4.74 Å². The van der Waals surface area contributed by atoms with E-state index in [1.54, 1.807) is 30.3 Å². The molecule has 0 aromatic heterocycles. The lowest BCUT2D eigenvalue weighted by atomic mass is 10.1. The van der Waals surface area contributed by atoms with E-state index in [9.17, 15) is 14.0 Å². The van der Waals surface area contributed by atoms with Gasteiger partial charge in [-0.3, -0.25) is 9.59 Å². The van der Waals surface area contributed by atoms with E-state index in [0.29, 0.717) is 28.4 Å². The molecule has 2 aromatic rings. The van der Waals surface area contributed by atoms with Gasteiger partial charge in [-0.15, -0.1) is 11.8 Å². The number of thioether (sulfide) groups is 1. The van der Waals surface area contributed by atoms with Gasteiger partial charge in [0.1, 0.15) is 11.6 Å². The molecule has 2 amide bonds. The average molecular weight is 385 g/mol. The normalized spacial score (nSPS) is 14.5. The maximum absolute atomic E-state index is 13.6. The van der Waals surface area contributed by atoms with Crippen LogP contribution >= 0.6 is 11.8 Å². The van der Waals surface area contributed by atoms with Crippen molar-refractivity contribution in [1.29, 1.82) is 0 Å². The summed E-state index contributed by atoms with van der Waals surface area (Å²) >= 11 is 1.34. The molecule has 2 aromatic carbocycles. The van der Waals surface area contributed by atoms with E-state index in [2.05, 4.69) is 0 Å². The lowest BCUT2D eigenvalue weighted by Crippen LogP contribution is -2.31. The zero-order valence-corrected chi connectivity index (χ0v) is 16.2. The molecule has 6 heteroatoms. The summed E-state index contributed by atoms with van der Waals surface area (Å²) in [5.41, 5.74) is 1.21. The maximum Gasteiger partial charge on any atom is 0.272 e. The van der Waals surface area contributed by atoms with Crippen LogP contribution in [-0.4, -0.2) is 23.7 Å². The number of amides is 2. The molecule has 0 unspecified atom stereocenters. The van der Waals surface area contributed by atoms with Crippen molar-refractivity contribution in [2.75, 3.05) is 11.5 Å². The molecule has 140 valence electrons. The predicted octanol–water partition coefficient (Wildman–Crippen LogP) is 4.65. The number of rotatable bonds is 6. The second-order valence-corrected chi connectivity index (χ2v) is 7.84. The number of carbonyl (C=O) groups is 2. The molecule has 0 radical (unpaired) electrons. The Morgan fingerprint density at radius 1 is 1.07 bits per heavy atom. The van der Waals surface area contributed by atoms with E-state index >= 15 is 0 Å². The van der Waals surface area contributed by atoms with Crippen molar-refractivity contribution in [3.05, 3.63) is 64.8 Å². The van der Waals surface area contributed by atoms with Crippen LogP contribution in [0.1, 0.15) is 26.3 Å². The Labute approximate surface area is 162 Å². The number of anilines is 1. The molecule has 27 heavy (non-hydrogen) atoms. The fourth-order valence-corrected chi connectivity index (χ4v) is 3.83. The van der Waals surface area contributed by atoms with Crippen molar-refractivity contribution in [2.45, 2.75) is 26.0 Å². The minimum atomic E-state index is -0.499. The smallest absolute Gasteiger partial charge is 0.272 e. The third kappa shape index (κ3) is 3.90. The number of imide groups is 1. The summed E-state index contributed by atoms with van der Waals surface area (Å²) in [6, 6.07) is 12.6. The molecular formula is C21H20FNO3S. The molecule has 0 bridgehead atoms. The van der Waals surface area contributed by atoms with Crippen LogP contribution in [0, 0.1) is 5.82 Å². The molecule has 0 fully saturated rings. The fraction of sp³-hybridized carbons (Fsp3) is 0.238. The maximum atomic E-state index is 13.6. The quantitative estimate of drug-likeness (QED) is 0.679. The molecular weight excluding hydrogens is 365 g/mol. The number of carbonyl (C=O) groups excluding carboxylic acids is 2. The van der Waals surface area contributed by atoms with Gasteiger partial charge in [0.15, 0.2) is 0 Å². The van der Waals surface area contributed by atoms with E-state index in [0.717, 1.165) is 4.90 Å². The molecule has 0 atom stereocenters. The van der Waals surface area contributed by atoms with Gasteiger partial charge in [0, 0.05) is 5.25 Å². The van der Waals surface area contributed by atoms with Crippen molar-refractivity contribution in [2.24, 2.45) is 0 Å². The van der Waals surface area contributed by atoms with Gasteiger partial charge < -0.3 is 4.74 Å². The number of hydrogen-bond donors (Lipinski definition) is 0. The van der Waals surface area contributed by atoms with Crippen LogP contribution in [0.2, 0.25) is 0 Å². The standard InChI is InChI=1S/C21H20FNO3S/c1-4-26-17-10-8-14(9-11-17)18-19(27-13(2)3)21(25)23(20(18)24)16-7-5-6-15(22)12-16/h5-13H,4H2,1-3H3. The molecule has 0 N–H and O–H groups in total. The Morgan fingerprint density at radius 2 is 1.78 bits per heavy atom. The van der Waals surface area contributed by atoms with Gasteiger partial charge in [-0.1, -0.05) is 32.0 Å². The molecule has 1 aliphatic rings. The third-order valence-electron chi connectivity index (χ3n) is 3.92. The van der Waals surface area contributed by atoms with E-state index in [1.165, 1.54) is 30.0 Å². The number of hydrogen-bond acceptors (Lipinski definition) is 4. The van der Waals surface area contributed by atoms with Crippen LogP contribution in [-0.2, 0) is 9.59 Å². The summed E-state index contributed by atoms with van der Waals surface area (Å²) in [5.74, 6) is -0.676. The molecule has 0 saturated heterocycles. The molecule has 4 nitrogen and oxygen atoms in total. The van der Waals surface area contributed by atoms with Crippen molar-refractivity contribution in [3.8, 4) is 5.75 Å². The monoisotopic (exact) mass is 385 g/mol. The topological polar surface area (TPSA) is 46.6 Å². The highest BCUT2D eigenvalue weighted by molar-refractivity contribution is 8.04. The van der Waals surface area contributed by atoms with E-state index in [1.807, 2.05) is 20.8 Å². The Kier molecular flexibility index (Phi) is 5.65. The van der Waals surface area contributed by atoms with Gasteiger partial charge in [0.05, 0.1) is 22.8 Å². The molecule has 0 saturated carbocycles. The first-order valence-corrected chi connectivity index (χ1v) is 9.58. The first kappa shape index (κ1) is 19.2. The first-order chi connectivity index (χ1) is 12.9. The summed E-state index contributed by atoms with van der Waals surface area (Å²) in [4.78, 5) is 27.5. The fourth-order valence-electron chi connectivity index (χ4n) is 2.84. The highest BCUT2D eigenvalue weighted by Crippen LogP contribution is 2.40. The zero-order valence-electron chi connectivity index (χ0n) is 15.4. The van der Waals surface area contributed by atoms with Crippen LogP contribution < -0.4 is 9.64 Å². The summed E-state index contributed by atoms with van der Waals surface area (Å²) in [7, 11) is 0. The summed E-state index contributed by atoms with van der Waals surface area (Å²) in [6.07, 6.45) is 0. The van der Waals surface area contributed by atoms with E-state index in [-0.39, 0.29) is 10.9 Å². The Hall–Kier alpha value is -2.60. The molecule has 3 rings (SSSR count). The van der Waals surface area contributed by atoms with Crippen LogP contribution in [0.5, 0.6) is 5.75 Å². The third-order valence-corrected chi connectivity index (χ3v) is 5.00. The van der Waals surface area contributed by atoms with Crippen molar-refractivity contribution < 1.29 is 18.7 Å². The number of nitrogens with zero attached hydrogens (tertiary/aromatic N) is 1. The Bertz CT molecular complexity index is 906. The Morgan fingerprint density at radius 3 is 2.37 bits per heavy atom. The highest BCUT2D eigenvalue weighted by atomic mass is 32.2. The van der Waals surface area contributed by atoms with Crippen LogP contribution in [0.15, 0.2) is 53.4 Å². The summed E-state index contributed by atoms with van der Waals surface area (Å²) in [5, 5.41) is 0.113. The zero-order chi connectivity index (χ0) is 19.6. The van der Waals surface area contributed by atoms with Crippen LogP contribution in [0.25, 0.3) is 5.57 Å². The minimum Gasteiger partial charge on any atom is -0.494 e. The average Bonchev–Trinajstić information content (AvgIpc) is 2.86. The van der Waals surface area contributed by atoms with Crippen molar-refractivity contribution >= 4 is 34.8 Å². The van der Waals surface area contributed by atoms with Crippen molar-refractivity contribution in [3.63, 3.8) is 0 Å². The predicted molar refractivity (Wildman–Crippen MR) is 106 cm³/mol. The SMILES string of the molecule is CCOc1ccc(C2=C(SC(C)C)C(=O)N(c3cccc(F)c3)C2=O)cc1. The lowest BCUT2D eigenvalue weighted by molar-refractivity contribution is -0.119. The van der Waals surface area contributed by atoms with Gasteiger partial charge in [-0.05, 0) is 42.8 Å². The number of halogens is 1. The Balaban J connectivity index is 2.05. The van der Waals surface area contributed by atoms with E-state index < -0.39 is 17.6 Å². The minimum absolute atomic E-state index is 0.113. The largest absolute Gasteiger partial charge is 0.494 e. The number of benzene rings is 2. The second kappa shape index (κ2) is 7.96. The van der Waals surface area contributed by atoms with Crippen molar-refractivity contribution in [1.82, 2.24) is 0 Å². The lowest BCUT2D eigenvalue weighted by Gasteiger charge is -2.15. The number of ether oxygens (including phenoxy) is 1. The second-order valence-electron chi connectivity index (χ2n) is 6.25. The van der Waals surface area contributed by atoms with Gasteiger partial charge in [-0.2, -0.15) is 0 Å². The summed E-state index contributed by atoms with van der Waals surface area (Å²) < 4.78 is 19.1. The molecule has 0 aliphatic carbocycles. The first-order valence-electron chi connectivity index (χ1n) is 8.71. The summed E-state index contributed by atoms with van der Waals surface area (Å²) in [6.45, 7) is 6.34. The van der Waals surface area contributed by atoms with Gasteiger partial charge >= 0.3 is 0 Å². The van der Waals surface area contributed by atoms with Crippen LogP contribution in [0.3, 0.4) is 0 Å². The highest BCUT2D eigenvalue weighted by Gasteiger charge is 2.40. The van der Waals surface area contributed by atoms with Crippen LogP contribution in [0.4, 0.5) is 10.1 Å².